The van der Waals surface area contributed by atoms with Gasteiger partial charge in [-0.2, -0.15) is 0 Å². The molecule has 1 unspecified atom stereocenters. The summed E-state index contributed by atoms with van der Waals surface area (Å²) in [6.45, 7) is 5.31. The van der Waals surface area contributed by atoms with Crippen LogP contribution in [-0.4, -0.2) is 24.2 Å². The number of aliphatic hydroxyl groups is 1. The molecule has 0 aromatic heterocycles. The Kier molecular flexibility index (Phi) is 3.09. The van der Waals surface area contributed by atoms with Crippen LogP contribution in [-0.2, 0) is 17.6 Å². The molecular formula is C16H21NO2. The molecule has 3 heteroatoms. The lowest BCUT2D eigenvalue weighted by Crippen LogP contribution is -2.31. The lowest BCUT2D eigenvalue weighted by Gasteiger charge is -2.27. The maximum Gasteiger partial charge on any atom is 0.231 e. The minimum absolute atomic E-state index is 0.174. The molecule has 19 heavy (non-hydrogen) atoms. The molecule has 0 saturated carbocycles. The summed E-state index contributed by atoms with van der Waals surface area (Å²) in [7, 11) is 0. The summed E-state index contributed by atoms with van der Waals surface area (Å²) in [6.07, 6.45) is 2.63. The highest BCUT2D eigenvalue weighted by Crippen LogP contribution is 2.39. The Balaban J connectivity index is 2.08. The molecule has 3 nitrogen and oxygen atoms in total. The largest absolute Gasteiger partial charge is 0.396 e. The predicted octanol–water partition coefficient (Wildman–Crippen LogP) is 2.25. The fourth-order valence-corrected chi connectivity index (χ4v) is 3.42. The molecule has 1 aromatic rings. The molecule has 1 N–H and O–H groups in total. The molecule has 0 fully saturated rings. The van der Waals surface area contributed by atoms with Gasteiger partial charge in [0.1, 0.15) is 0 Å². The van der Waals surface area contributed by atoms with Gasteiger partial charge in [0.25, 0.3) is 0 Å². The molecule has 102 valence electrons. The zero-order valence-corrected chi connectivity index (χ0v) is 11.6. The van der Waals surface area contributed by atoms with Crippen LogP contribution >= 0.6 is 0 Å². The third-order valence-corrected chi connectivity index (χ3v) is 4.46. The first-order chi connectivity index (χ1) is 9.11. The first-order valence-corrected chi connectivity index (χ1v) is 7.18. The monoisotopic (exact) mass is 259 g/mol. The molecule has 2 heterocycles. The minimum Gasteiger partial charge on any atom is -0.396 e. The summed E-state index contributed by atoms with van der Waals surface area (Å²) in [5, 5.41) is 9.60. The minimum atomic E-state index is 0.174. The fourth-order valence-electron chi connectivity index (χ4n) is 3.42. The Hall–Kier alpha value is -1.35. The number of rotatable bonds is 3. The maximum atomic E-state index is 12.0. The van der Waals surface area contributed by atoms with Crippen LogP contribution in [0.5, 0.6) is 0 Å². The van der Waals surface area contributed by atoms with E-state index < -0.39 is 0 Å². The van der Waals surface area contributed by atoms with Gasteiger partial charge in [-0.15, -0.1) is 0 Å². The van der Waals surface area contributed by atoms with Crippen molar-refractivity contribution in [3.05, 3.63) is 28.8 Å². The predicted molar refractivity (Wildman–Crippen MR) is 75.5 cm³/mol. The summed E-state index contributed by atoms with van der Waals surface area (Å²) < 4.78 is 0. The second kappa shape index (κ2) is 4.64. The van der Waals surface area contributed by atoms with Crippen LogP contribution in [0.4, 0.5) is 5.69 Å². The van der Waals surface area contributed by atoms with E-state index in [4.69, 9.17) is 0 Å². The summed E-state index contributed by atoms with van der Waals surface area (Å²) in [4.78, 5) is 14.0. The zero-order valence-electron chi connectivity index (χ0n) is 11.6. The third kappa shape index (κ3) is 1.96. The Labute approximate surface area is 114 Å². The molecule has 1 aromatic carbocycles. The highest BCUT2D eigenvalue weighted by atomic mass is 16.3. The van der Waals surface area contributed by atoms with Crippen LogP contribution in [0, 0.1) is 5.92 Å². The van der Waals surface area contributed by atoms with Crippen LogP contribution in [0.3, 0.4) is 0 Å². The number of aliphatic hydroxyl groups excluding tert-OH is 1. The van der Waals surface area contributed by atoms with Crippen molar-refractivity contribution < 1.29 is 9.90 Å². The van der Waals surface area contributed by atoms with Crippen molar-refractivity contribution in [1.29, 1.82) is 0 Å². The smallest absolute Gasteiger partial charge is 0.231 e. The number of anilines is 1. The van der Waals surface area contributed by atoms with Gasteiger partial charge in [-0.05, 0) is 35.4 Å². The van der Waals surface area contributed by atoms with Gasteiger partial charge < -0.3 is 10.0 Å². The van der Waals surface area contributed by atoms with Crippen molar-refractivity contribution in [2.75, 3.05) is 18.1 Å². The zero-order chi connectivity index (χ0) is 13.6. The topological polar surface area (TPSA) is 40.5 Å². The number of nitrogens with zero attached hydrogens (tertiary/aromatic N) is 1. The average molecular weight is 259 g/mol. The SMILES string of the molecule is CC(C)C(CO)c1cc2c3c(c1)CC(=O)N3CCC2. The number of hydrogen-bond acceptors (Lipinski definition) is 2. The number of carbonyl (C=O) groups is 1. The molecule has 1 amide bonds. The van der Waals surface area contributed by atoms with E-state index in [1.807, 2.05) is 4.90 Å². The van der Waals surface area contributed by atoms with E-state index in [2.05, 4.69) is 26.0 Å². The summed E-state index contributed by atoms with van der Waals surface area (Å²) in [6, 6.07) is 4.35. The lowest BCUT2D eigenvalue weighted by atomic mass is 9.85. The Morgan fingerprint density at radius 1 is 1.32 bits per heavy atom. The third-order valence-electron chi connectivity index (χ3n) is 4.46. The number of aryl methyl sites for hydroxylation is 1. The van der Waals surface area contributed by atoms with E-state index in [1.54, 1.807) is 0 Å². The second-order valence-electron chi connectivity index (χ2n) is 6.05. The normalized spacial score (nSPS) is 18.9. The fraction of sp³-hybridized carbons (Fsp3) is 0.562. The van der Waals surface area contributed by atoms with Crippen molar-refractivity contribution in [1.82, 2.24) is 0 Å². The molecule has 0 spiro atoms. The van der Waals surface area contributed by atoms with E-state index in [1.165, 1.54) is 16.8 Å². The van der Waals surface area contributed by atoms with Gasteiger partial charge in [0.05, 0.1) is 18.7 Å². The van der Waals surface area contributed by atoms with Crippen molar-refractivity contribution in [3.63, 3.8) is 0 Å². The van der Waals surface area contributed by atoms with Crippen molar-refractivity contribution in [2.45, 2.75) is 39.0 Å². The quantitative estimate of drug-likeness (QED) is 0.904. The van der Waals surface area contributed by atoms with Crippen molar-refractivity contribution in [2.24, 2.45) is 5.92 Å². The van der Waals surface area contributed by atoms with Crippen LogP contribution < -0.4 is 4.90 Å². The highest BCUT2D eigenvalue weighted by molar-refractivity contribution is 6.02. The first kappa shape index (κ1) is 12.7. The van der Waals surface area contributed by atoms with Gasteiger partial charge in [-0.3, -0.25) is 4.79 Å². The summed E-state index contributed by atoms with van der Waals surface area (Å²) in [5.41, 5.74) is 4.82. The van der Waals surface area contributed by atoms with E-state index in [0.717, 1.165) is 24.9 Å². The highest BCUT2D eigenvalue weighted by Gasteiger charge is 2.33. The summed E-state index contributed by atoms with van der Waals surface area (Å²) >= 11 is 0. The van der Waals surface area contributed by atoms with Gasteiger partial charge >= 0.3 is 0 Å². The maximum absolute atomic E-state index is 12.0. The van der Waals surface area contributed by atoms with Gasteiger partial charge in [-0.1, -0.05) is 26.0 Å². The average Bonchev–Trinajstić information content (AvgIpc) is 2.68. The second-order valence-corrected chi connectivity index (χ2v) is 6.05. The van der Waals surface area contributed by atoms with Crippen LogP contribution in [0.2, 0.25) is 0 Å². The van der Waals surface area contributed by atoms with Gasteiger partial charge in [-0.25, -0.2) is 0 Å². The standard InChI is InChI=1S/C16H21NO2/c1-10(2)14(9-18)12-6-11-4-3-5-17-15(19)8-13(7-12)16(11)17/h6-7,10,14,18H,3-5,8-9H2,1-2H3. The van der Waals surface area contributed by atoms with E-state index >= 15 is 0 Å². The Bertz CT molecular complexity index is 522. The molecule has 1 atom stereocenters. The molecule has 2 aliphatic heterocycles. The molecule has 0 bridgehead atoms. The van der Waals surface area contributed by atoms with Crippen molar-refractivity contribution >= 4 is 11.6 Å². The Morgan fingerprint density at radius 3 is 2.74 bits per heavy atom. The number of benzene rings is 1. The van der Waals surface area contributed by atoms with Crippen LogP contribution in [0.15, 0.2) is 12.1 Å². The number of amides is 1. The van der Waals surface area contributed by atoms with Gasteiger partial charge in [0, 0.05) is 12.5 Å². The molecule has 3 rings (SSSR count). The van der Waals surface area contributed by atoms with Gasteiger partial charge in [0.2, 0.25) is 5.91 Å². The Morgan fingerprint density at radius 2 is 2.05 bits per heavy atom. The molecule has 0 radical (unpaired) electrons. The lowest BCUT2D eigenvalue weighted by molar-refractivity contribution is -0.117. The molecule has 2 aliphatic rings. The van der Waals surface area contributed by atoms with Crippen LogP contribution in [0.25, 0.3) is 0 Å². The van der Waals surface area contributed by atoms with Gasteiger partial charge in [0.15, 0.2) is 0 Å². The molecule has 0 saturated heterocycles. The van der Waals surface area contributed by atoms with E-state index in [0.29, 0.717) is 12.3 Å². The van der Waals surface area contributed by atoms with Crippen molar-refractivity contribution in [3.8, 4) is 0 Å². The summed E-state index contributed by atoms with van der Waals surface area (Å²) in [5.74, 6) is 0.817. The van der Waals surface area contributed by atoms with Crippen LogP contribution in [0.1, 0.15) is 42.9 Å². The number of carbonyl (C=O) groups excluding carboxylic acids is 1. The van der Waals surface area contributed by atoms with E-state index in [9.17, 15) is 9.90 Å². The molecule has 0 aliphatic carbocycles. The molecular weight excluding hydrogens is 238 g/mol. The first-order valence-electron chi connectivity index (χ1n) is 7.18. The van der Waals surface area contributed by atoms with E-state index in [-0.39, 0.29) is 18.4 Å². The number of hydrogen-bond donors (Lipinski definition) is 1.